The van der Waals surface area contributed by atoms with E-state index in [9.17, 15) is 0 Å². The zero-order valence-electron chi connectivity index (χ0n) is 9.72. The summed E-state index contributed by atoms with van der Waals surface area (Å²) in [7, 11) is 0. The van der Waals surface area contributed by atoms with Crippen LogP contribution in [0.25, 0.3) is 0 Å². The fourth-order valence-corrected chi connectivity index (χ4v) is 4.84. The summed E-state index contributed by atoms with van der Waals surface area (Å²) in [6, 6.07) is 0. The molecule has 1 nitrogen and oxygen atoms in total. The van der Waals surface area contributed by atoms with E-state index >= 15 is 0 Å². The summed E-state index contributed by atoms with van der Waals surface area (Å²) in [4.78, 5) is 0. The van der Waals surface area contributed by atoms with Crippen molar-refractivity contribution in [3.05, 3.63) is 9.89 Å². The average molecular weight is 290 g/mol. The van der Waals surface area contributed by atoms with Crippen LogP contribution in [0.1, 0.15) is 33.6 Å². The van der Waals surface area contributed by atoms with Gasteiger partial charge in [0.25, 0.3) is 0 Å². The molecule has 1 aliphatic heterocycles. The molecule has 1 N–H and O–H groups in total. The lowest BCUT2D eigenvalue weighted by atomic mass is 10.0. The fourth-order valence-electron chi connectivity index (χ4n) is 2.44. The molecule has 3 atom stereocenters. The smallest absolute Gasteiger partial charge is 0.0203 e. The molecule has 0 aromatic carbocycles. The van der Waals surface area contributed by atoms with Gasteiger partial charge in [-0.15, -0.1) is 11.8 Å². The largest absolute Gasteiger partial charge is 0.312 e. The quantitative estimate of drug-likeness (QED) is 0.831. The lowest BCUT2D eigenvalue weighted by molar-refractivity contribution is 0.375. The molecule has 1 saturated carbocycles. The Morgan fingerprint density at radius 2 is 2.20 bits per heavy atom. The predicted molar refractivity (Wildman–Crippen MR) is 72.4 cm³/mol. The first kappa shape index (κ1) is 12.0. The van der Waals surface area contributed by atoms with Gasteiger partial charge in [0.15, 0.2) is 0 Å². The molecule has 0 saturated heterocycles. The Labute approximate surface area is 106 Å². The predicted octanol–water partition coefficient (Wildman–Crippen LogP) is 3.75. The van der Waals surface area contributed by atoms with Crippen molar-refractivity contribution < 1.29 is 0 Å². The molecule has 2 aliphatic rings. The Bertz CT molecular complexity index is 269. The zero-order chi connectivity index (χ0) is 11.1. The second-order valence-corrected chi connectivity index (χ2v) is 7.65. The van der Waals surface area contributed by atoms with Gasteiger partial charge >= 0.3 is 0 Å². The van der Waals surface area contributed by atoms with Crippen LogP contribution in [0.15, 0.2) is 9.89 Å². The van der Waals surface area contributed by atoms with E-state index in [0.717, 1.165) is 17.1 Å². The van der Waals surface area contributed by atoms with Crippen LogP contribution < -0.4 is 5.32 Å². The second-order valence-electron chi connectivity index (χ2n) is 5.68. The van der Waals surface area contributed by atoms with Crippen molar-refractivity contribution >= 4 is 27.7 Å². The number of halogens is 1. The topological polar surface area (TPSA) is 12.0 Å². The normalized spacial score (nSPS) is 35.5. The van der Waals surface area contributed by atoms with Crippen LogP contribution in [0.5, 0.6) is 0 Å². The highest BCUT2D eigenvalue weighted by Crippen LogP contribution is 2.50. The van der Waals surface area contributed by atoms with Gasteiger partial charge in [0, 0.05) is 21.2 Å². The highest BCUT2D eigenvalue weighted by atomic mass is 79.9. The van der Waals surface area contributed by atoms with E-state index < -0.39 is 0 Å². The van der Waals surface area contributed by atoms with Gasteiger partial charge in [-0.1, -0.05) is 15.9 Å². The standard InChI is InChI=1S/C12H20BrNS/c1-12(2,3)14-6-8-4-5-9-10(13)7-15-11(8)9/h7-9,11,14H,4-6H2,1-3H3. The van der Waals surface area contributed by atoms with E-state index in [1.165, 1.54) is 23.9 Å². The Morgan fingerprint density at radius 3 is 2.87 bits per heavy atom. The molecular weight excluding hydrogens is 270 g/mol. The fraction of sp³-hybridized carbons (Fsp3) is 0.833. The molecule has 0 bridgehead atoms. The SMILES string of the molecule is CC(C)(C)NCC1CCC2C(Br)=CSC12. The minimum atomic E-state index is 0.256. The summed E-state index contributed by atoms with van der Waals surface area (Å²) in [5, 5.41) is 6.77. The average Bonchev–Trinajstić information content (AvgIpc) is 2.65. The molecule has 0 amide bonds. The number of hydrogen-bond donors (Lipinski definition) is 1. The highest BCUT2D eigenvalue weighted by Gasteiger charge is 2.40. The van der Waals surface area contributed by atoms with Gasteiger partial charge in [0.1, 0.15) is 0 Å². The van der Waals surface area contributed by atoms with E-state index in [1.54, 1.807) is 0 Å². The Morgan fingerprint density at radius 1 is 1.47 bits per heavy atom. The first-order valence-corrected chi connectivity index (χ1v) is 7.47. The third-order valence-electron chi connectivity index (χ3n) is 3.30. The Kier molecular flexibility index (Phi) is 3.54. The molecule has 1 heterocycles. The number of hydrogen-bond acceptors (Lipinski definition) is 2. The summed E-state index contributed by atoms with van der Waals surface area (Å²) in [5.41, 5.74) is 0.256. The van der Waals surface area contributed by atoms with Crippen LogP contribution in [-0.4, -0.2) is 17.3 Å². The molecule has 86 valence electrons. The lowest BCUT2D eigenvalue weighted by Gasteiger charge is -2.25. The van der Waals surface area contributed by atoms with Crippen molar-refractivity contribution in [2.24, 2.45) is 11.8 Å². The van der Waals surface area contributed by atoms with Crippen LogP contribution >= 0.6 is 27.7 Å². The molecule has 0 aromatic rings. The number of rotatable bonds is 2. The molecule has 0 spiro atoms. The number of nitrogens with one attached hydrogen (secondary N) is 1. The van der Waals surface area contributed by atoms with Crippen LogP contribution in [0.4, 0.5) is 0 Å². The first-order valence-electron chi connectivity index (χ1n) is 5.73. The van der Waals surface area contributed by atoms with Gasteiger partial charge in [0.05, 0.1) is 0 Å². The van der Waals surface area contributed by atoms with Gasteiger partial charge in [0.2, 0.25) is 0 Å². The number of allylic oxidation sites excluding steroid dienone is 1. The van der Waals surface area contributed by atoms with Gasteiger partial charge in [-0.25, -0.2) is 0 Å². The molecule has 1 aliphatic carbocycles. The lowest BCUT2D eigenvalue weighted by Crippen LogP contribution is -2.40. The maximum atomic E-state index is 3.68. The molecular formula is C12H20BrNS. The van der Waals surface area contributed by atoms with E-state index in [4.69, 9.17) is 0 Å². The highest BCUT2D eigenvalue weighted by molar-refractivity contribution is 9.11. The van der Waals surface area contributed by atoms with Gasteiger partial charge < -0.3 is 5.32 Å². The van der Waals surface area contributed by atoms with Crippen molar-refractivity contribution in [3.8, 4) is 0 Å². The van der Waals surface area contributed by atoms with Gasteiger partial charge in [-0.05, 0) is 51.5 Å². The minimum Gasteiger partial charge on any atom is -0.312 e. The van der Waals surface area contributed by atoms with E-state index in [0.29, 0.717) is 0 Å². The summed E-state index contributed by atoms with van der Waals surface area (Å²) in [5.74, 6) is 1.66. The summed E-state index contributed by atoms with van der Waals surface area (Å²) < 4.78 is 1.44. The molecule has 2 rings (SSSR count). The molecule has 3 heteroatoms. The Hall–Kier alpha value is 0.530. The summed E-state index contributed by atoms with van der Waals surface area (Å²) in [6.45, 7) is 7.91. The molecule has 15 heavy (non-hydrogen) atoms. The van der Waals surface area contributed by atoms with Crippen LogP contribution in [0.2, 0.25) is 0 Å². The van der Waals surface area contributed by atoms with E-state index in [1.807, 2.05) is 11.8 Å². The van der Waals surface area contributed by atoms with Crippen molar-refractivity contribution in [2.45, 2.75) is 44.4 Å². The molecule has 0 radical (unpaired) electrons. The summed E-state index contributed by atoms with van der Waals surface area (Å²) in [6.07, 6.45) is 2.75. The van der Waals surface area contributed by atoms with E-state index in [2.05, 4.69) is 47.4 Å². The third kappa shape index (κ3) is 2.80. The second kappa shape index (κ2) is 4.42. The molecule has 0 aromatic heterocycles. The first-order chi connectivity index (χ1) is 6.97. The molecule has 3 unspecified atom stereocenters. The van der Waals surface area contributed by atoms with Crippen molar-refractivity contribution in [3.63, 3.8) is 0 Å². The maximum Gasteiger partial charge on any atom is 0.0203 e. The van der Waals surface area contributed by atoms with Crippen molar-refractivity contribution in [1.29, 1.82) is 0 Å². The zero-order valence-corrected chi connectivity index (χ0v) is 12.1. The van der Waals surface area contributed by atoms with Crippen LogP contribution in [0, 0.1) is 11.8 Å². The van der Waals surface area contributed by atoms with Gasteiger partial charge in [-0.2, -0.15) is 0 Å². The monoisotopic (exact) mass is 289 g/mol. The number of thioether (sulfide) groups is 1. The third-order valence-corrected chi connectivity index (χ3v) is 5.83. The summed E-state index contributed by atoms with van der Waals surface area (Å²) >= 11 is 5.71. The van der Waals surface area contributed by atoms with Crippen LogP contribution in [0.3, 0.4) is 0 Å². The number of fused-ring (bicyclic) bond motifs is 1. The van der Waals surface area contributed by atoms with Gasteiger partial charge in [-0.3, -0.25) is 0 Å². The maximum absolute atomic E-state index is 3.68. The minimum absolute atomic E-state index is 0.256. The van der Waals surface area contributed by atoms with Crippen molar-refractivity contribution in [2.75, 3.05) is 6.54 Å². The van der Waals surface area contributed by atoms with E-state index in [-0.39, 0.29) is 5.54 Å². The van der Waals surface area contributed by atoms with Crippen molar-refractivity contribution in [1.82, 2.24) is 5.32 Å². The van der Waals surface area contributed by atoms with Crippen LogP contribution in [-0.2, 0) is 0 Å². The Balaban J connectivity index is 1.87. The molecule has 1 fully saturated rings.